The number of carbonyl (C=O) groups excluding carboxylic acids is 1. The zero-order valence-electron chi connectivity index (χ0n) is 16.0. The first-order valence-corrected chi connectivity index (χ1v) is 9.06. The molecule has 0 spiro atoms. The number of nitriles is 1. The van der Waals surface area contributed by atoms with Gasteiger partial charge < -0.3 is 9.47 Å². The monoisotopic (exact) mass is 364 g/mol. The lowest BCUT2D eigenvalue weighted by Crippen LogP contribution is -2.28. The quantitative estimate of drug-likeness (QED) is 0.777. The van der Waals surface area contributed by atoms with Crippen molar-refractivity contribution >= 4 is 5.97 Å². The van der Waals surface area contributed by atoms with E-state index in [1.165, 1.54) is 18.2 Å². The molecule has 0 fully saturated rings. The van der Waals surface area contributed by atoms with Gasteiger partial charge in [0.15, 0.2) is 0 Å². The molecule has 5 heteroatoms. The second-order valence-corrected chi connectivity index (χ2v) is 6.89. The summed E-state index contributed by atoms with van der Waals surface area (Å²) in [5.41, 5.74) is 4.25. The summed E-state index contributed by atoms with van der Waals surface area (Å²) in [6.45, 7) is 4.63. The molecule has 1 heterocycles. The Morgan fingerprint density at radius 3 is 2.81 bits per heavy atom. The smallest absolute Gasteiger partial charge is 0.339 e. The predicted molar refractivity (Wildman–Crippen MR) is 103 cm³/mol. The van der Waals surface area contributed by atoms with Crippen molar-refractivity contribution in [1.82, 2.24) is 4.90 Å². The Morgan fingerprint density at radius 2 is 2.11 bits per heavy atom. The molecule has 0 saturated carbocycles. The summed E-state index contributed by atoms with van der Waals surface area (Å²) in [6, 6.07) is 13.8. The molecule has 5 nitrogen and oxygen atoms in total. The molecule has 0 bridgehead atoms. The minimum Gasteiger partial charge on any atom is -0.497 e. The number of fused-ring (bicyclic) bond motifs is 1. The van der Waals surface area contributed by atoms with Crippen molar-refractivity contribution in [2.45, 2.75) is 25.8 Å². The van der Waals surface area contributed by atoms with Crippen molar-refractivity contribution in [2.24, 2.45) is 0 Å². The zero-order chi connectivity index (χ0) is 19.4. The highest BCUT2D eigenvalue weighted by Gasteiger charge is 2.22. The number of rotatable bonds is 4. The van der Waals surface area contributed by atoms with Crippen LogP contribution in [0.1, 0.15) is 45.5 Å². The van der Waals surface area contributed by atoms with Crippen molar-refractivity contribution in [3.8, 4) is 11.8 Å². The normalized spacial score (nSPS) is 16.7. The van der Waals surface area contributed by atoms with Crippen LogP contribution < -0.4 is 4.74 Å². The Kier molecular flexibility index (Phi) is 5.78. The maximum absolute atomic E-state index is 12.0. The minimum atomic E-state index is -0.475. The Bertz CT molecular complexity index is 886. The van der Waals surface area contributed by atoms with Gasteiger partial charge in [-0.2, -0.15) is 5.26 Å². The van der Waals surface area contributed by atoms with Crippen LogP contribution in [0.3, 0.4) is 0 Å². The third-order valence-corrected chi connectivity index (χ3v) is 5.18. The minimum absolute atomic E-state index is 0.327. The maximum Gasteiger partial charge on any atom is 0.339 e. The molecule has 2 aromatic carbocycles. The van der Waals surface area contributed by atoms with Gasteiger partial charge in [0, 0.05) is 19.6 Å². The van der Waals surface area contributed by atoms with E-state index in [9.17, 15) is 10.1 Å². The Morgan fingerprint density at radius 1 is 1.30 bits per heavy atom. The molecule has 0 amide bonds. The van der Waals surface area contributed by atoms with Crippen LogP contribution in [-0.4, -0.2) is 38.2 Å². The van der Waals surface area contributed by atoms with Crippen LogP contribution >= 0.6 is 0 Å². The van der Waals surface area contributed by atoms with E-state index in [1.54, 1.807) is 13.2 Å². The van der Waals surface area contributed by atoms with Crippen molar-refractivity contribution in [2.75, 3.05) is 27.3 Å². The molecule has 140 valence electrons. The summed E-state index contributed by atoms with van der Waals surface area (Å²) in [4.78, 5) is 14.3. The second-order valence-electron chi connectivity index (χ2n) is 6.89. The summed E-state index contributed by atoms with van der Waals surface area (Å²) in [5.74, 6) is 0.760. The van der Waals surface area contributed by atoms with Gasteiger partial charge in [-0.3, -0.25) is 4.90 Å². The van der Waals surface area contributed by atoms with Crippen molar-refractivity contribution in [3.63, 3.8) is 0 Å². The lowest BCUT2D eigenvalue weighted by molar-refractivity contribution is 0.0600. The number of hydrogen-bond donors (Lipinski definition) is 0. The van der Waals surface area contributed by atoms with Crippen LogP contribution in [0.15, 0.2) is 36.4 Å². The average Bonchev–Trinajstić information content (AvgIpc) is 2.85. The summed E-state index contributed by atoms with van der Waals surface area (Å²) in [6.07, 6.45) is 0.947. The average molecular weight is 364 g/mol. The topological polar surface area (TPSA) is 62.6 Å². The predicted octanol–water partition coefficient (Wildman–Crippen LogP) is 3.52. The Balaban J connectivity index is 1.84. The Labute approximate surface area is 160 Å². The van der Waals surface area contributed by atoms with Crippen LogP contribution in [-0.2, 0) is 17.7 Å². The van der Waals surface area contributed by atoms with Crippen LogP contribution in [0.4, 0.5) is 0 Å². The molecule has 0 N–H and O–H groups in total. The summed E-state index contributed by atoms with van der Waals surface area (Å²) < 4.78 is 10.2. The summed E-state index contributed by atoms with van der Waals surface area (Å²) in [7, 11) is 3.02. The van der Waals surface area contributed by atoms with Gasteiger partial charge in [0.2, 0.25) is 0 Å². The first-order valence-electron chi connectivity index (χ1n) is 9.06. The molecule has 1 unspecified atom stereocenters. The van der Waals surface area contributed by atoms with E-state index in [2.05, 4.69) is 30.0 Å². The lowest BCUT2D eigenvalue weighted by Gasteiger charge is -2.23. The zero-order valence-corrected chi connectivity index (χ0v) is 16.0. The van der Waals surface area contributed by atoms with Crippen LogP contribution in [0, 0.1) is 11.3 Å². The highest BCUT2D eigenvalue weighted by molar-refractivity contribution is 5.92. The second kappa shape index (κ2) is 8.24. The summed E-state index contributed by atoms with van der Waals surface area (Å²) >= 11 is 0. The number of nitrogens with zero attached hydrogens (tertiary/aromatic N) is 2. The van der Waals surface area contributed by atoms with Crippen molar-refractivity contribution < 1.29 is 14.3 Å². The fourth-order valence-electron chi connectivity index (χ4n) is 3.77. The van der Waals surface area contributed by atoms with Gasteiger partial charge in [-0.1, -0.05) is 25.1 Å². The van der Waals surface area contributed by atoms with E-state index in [0.29, 0.717) is 23.6 Å². The van der Waals surface area contributed by atoms with Gasteiger partial charge in [-0.25, -0.2) is 4.79 Å². The molecule has 2 aromatic rings. The highest BCUT2D eigenvalue weighted by Crippen LogP contribution is 2.30. The van der Waals surface area contributed by atoms with Gasteiger partial charge in [0.1, 0.15) is 11.8 Å². The van der Waals surface area contributed by atoms with E-state index in [-0.39, 0.29) is 0 Å². The van der Waals surface area contributed by atoms with Crippen molar-refractivity contribution in [3.05, 3.63) is 64.2 Å². The maximum atomic E-state index is 12.0. The van der Waals surface area contributed by atoms with Gasteiger partial charge in [0.05, 0.1) is 25.3 Å². The molecule has 1 atom stereocenters. The van der Waals surface area contributed by atoms with E-state index in [4.69, 9.17) is 9.47 Å². The SMILES string of the molecule is COC(=O)c1cccc(CN2CCc3ccc(OC)cc3C(C)C2)c1C#N. The molecule has 27 heavy (non-hydrogen) atoms. The molecular weight excluding hydrogens is 340 g/mol. The van der Waals surface area contributed by atoms with Crippen LogP contribution in [0.5, 0.6) is 5.75 Å². The van der Waals surface area contributed by atoms with E-state index in [0.717, 1.165) is 30.8 Å². The van der Waals surface area contributed by atoms with E-state index >= 15 is 0 Å². The number of carbonyl (C=O) groups is 1. The van der Waals surface area contributed by atoms with Gasteiger partial charge in [0.25, 0.3) is 0 Å². The van der Waals surface area contributed by atoms with Crippen LogP contribution in [0.25, 0.3) is 0 Å². The van der Waals surface area contributed by atoms with E-state index < -0.39 is 5.97 Å². The van der Waals surface area contributed by atoms with Gasteiger partial charge in [-0.05, 0) is 47.2 Å². The molecule has 3 rings (SSSR count). The van der Waals surface area contributed by atoms with Crippen molar-refractivity contribution in [1.29, 1.82) is 5.26 Å². The largest absolute Gasteiger partial charge is 0.497 e. The first kappa shape index (κ1) is 18.9. The molecular formula is C22H24N2O3. The van der Waals surface area contributed by atoms with Crippen LogP contribution in [0.2, 0.25) is 0 Å². The number of benzene rings is 2. The summed E-state index contributed by atoms with van der Waals surface area (Å²) in [5, 5.41) is 9.59. The van der Waals surface area contributed by atoms with Gasteiger partial charge in [-0.15, -0.1) is 0 Å². The molecule has 1 aliphatic heterocycles. The number of ether oxygens (including phenoxy) is 2. The molecule has 0 saturated heterocycles. The molecule has 1 aliphatic rings. The molecule has 0 aliphatic carbocycles. The standard InChI is InChI=1S/C22H24N2O3/c1-15-13-24(10-9-16-7-8-18(26-2)11-20(15)16)14-17-5-4-6-19(21(17)12-23)22(25)27-3/h4-8,11,15H,9-10,13-14H2,1-3H3. The number of methoxy groups -OCH3 is 2. The van der Waals surface area contributed by atoms with Gasteiger partial charge >= 0.3 is 5.97 Å². The number of esters is 1. The van der Waals surface area contributed by atoms with E-state index in [1.807, 2.05) is 18.2 Å². The third kappa shape index (κ3) is 3.96. The fraction of sp³-hybridized carbons (Fsp3) is 0.364. The molecule has 0 radical (unpaired) electrons. The Hall–Kier alpha value is -2.84. The third-order valence-electron chi connectivity index (χ3n) is 5.18. The molecule has 0 aromatic heterocycles. The first-order chi connectivity index (χ1) is 13.1. The fourth-order valence-corrected chi connectivity index (χ4v) is 3.77. The number of hydrogen-bond acceptors (Lipinski definition) is 5. The lowest BCUT2D eigenvalue weighted by atomic mass is 9.95. The highest BCUT2D eigenvalue weighted by atomic mass is 16.5.